The summed E-state index contributed by atoms with van der Waals surface area (Å²) in [6.07, 6.45) is 4.23. The van der Waals surface area contributed by atoms with Crippen LogP contribution < -0.4 is 0 Å². The molecule has 0 saturated carbocycles. The van der Waals surface area contributed by atoms with Crippen molar-refractivity contribution in [2.24, 2.45) is 0 Å². The molecule has 3 aromatic heterocycles. The molecule has 0 amide bonds. The molecule has 28 heavy (non-hydrogen) atoms. The molecule has 0 radical (unpaired) electrons. The van der Waals surface area contributed by atoms with Crippen molar-refractivity contribution < 1.29 is 4.74 Å². The van der Waals surface area contributed by atoms with Crippen LogP contribution in [0.2, 0.25) is 0 Å². The van der Waals surface area contributed by atoms with Gasteiger partial charge in [-0.15, -0.1) is 11.3 Å². The van der Waals surface area contributed by atoms with Crippen LogP contribution in [0.15, 0.2) is 64.7 Å². The largest absolute Gasteiger partial charge is 0.383 e. The average molecular weight is 452 g/mol. The average Bonchev–Trinajstić information content (AvgIpc) is 3.42. The number of rotatable bonds is 5. The molecular weight excluding hydrogens is 434 g/mol. The summed E-state index contributed by atoms with van der Waals surface area (Å²) in [6, 6.07) is 14.7. The van der Waals surface area contributed by atoms with Gasteiger partial charge < -0.3 is 14.3 Å². The van der Waals surface area contributed by atoms with Crippen molar-refractivity contribution in [2.45, 2.75) is 6.54 Å². The molecule has 0 aliphatic carbocycles. The minimum absolute atomic E-state index is 0.678. The van der Waals surface area contributed by atoms with Gasteiger partial charge in [-0.3, -0.25) is 0 Å². The van der Waals surface area contributed by atoms with Crippen LogP contribution in [-0.2, 0) is 11.3 Å². The lowest BCUT2D eigenvalue weighted by molar-refractivity contribution is 0.188. The number of aromatic amines is 1. The van der Waals surface area contributed by atoms with Gasteiger partial charge in [-0.05, 0) is 24.3 Å². The molecule has 140 valence electrons. The normalized spacial score (nSPS) is 11.6. The number of hydrogen-bond acceptors (Lipinski definition) is 3. The third kappa shape index (κ3) is 2.98. The number of H-pyrrole nitrogens is 1. The highest BCUT2D eigenvalue weighted by atomic mass is 79.9. The van der Waals surface area contributed by atoms with Gasteiger partial charge in [0.15, 0.2) is 0 Å². The first-order valence-corrected chi connectivity index (χ1v) is 10.7. The number of ether oxygens (including phenoxy) is 1. The summed E-state index contributed by atoms with van der Waals surface area (Å²) in [7, 11) is 1.73. The van der Waals surface area contributed by atoms with Gasteiger partial charge in [-0.2, -0.15) is 0 Å². The number of para-hydroxylation sites is 1. The lowest BCUT2D eigenvalue weighted by atomic mass is 10.1. The monoisotopic (exact) mass is 451 g/mol. The number of benzene rings is 2. The van der Waals surface area contributed by atoms with E-state index < -0.39 is 0 Å². The maximum Gasteiger partial charge on any atom is 0.126 e. The minimum Gasteiger partial charge on any atom is -0.383 e. The van der Waals surface area contributed by atoms with Crippen LogP contribution in [-0.4, -0.2) is 28.3 Å². The molecule has 1 N–H and O–H groups in total. The zero-order chi connectivity index (χ0) is 19.1. The smallest absolute Gasteiger partial charge is 0.126 e. The van der Waals surface area contributed by atoms with E-state index >= 15 is 0 Å². The van der Waals surface area contributed by atoms with E-state index in [1.54, 1.807) is 18.4 Å². The lowest BCUT2D eigenvalue weighted by Crippen LogP contribution is -2.02. The lowest BCUT2D eigenvalue weighted by Gasteiger charge is -2.03. The highest BCUT2D eigenvalue weighted by molar-refractivity contribution is 9.10. The number of aromatic nitrogens is 3. The first-order valence-electron chi connectivity index (χ1n) is 9.04. The molecule has 2 aromatic carbocycles. The molecule has 0 saturated heterocycles. The van der Waals surface area contributed by atoms with E-state index in [1.165, 1.54) is 16.3 Å². The Hall–Kier alpha value is -2.41. The second-order valence-corrected chi connectivity index (χ2v) is 8.45. The van der Waals surface area contributed by atoms with E-state index in [1.807, 2.05) is 12.3 Å². The van der Waals surface area contributed by atoms with Gasteiger partial charge in [0, 0.05) is 68.8 Å². The summed E-state index contributed by atoms with van der Waals surface area (Å²) in [6.45, 7) is 1.49. The van der Waals surface area contributed by atoms with Crippen molar-refractivity contribution in [3.05, 3.63) is 64.7 Å². The topological polar surface area (TPSA) is 42.8 Å². The molecule has 0 fully saturated rings. The Morgan fingerprint density at radius 1 is 1.14 bits per heavy atom. The summed E-state index contributed by atoms with van der Waals surface area (Å²) in [5.41, 5.74) is 5.63. The molecule has 5 rings (SSSR count). The molecule has 0 spiro atoms. The number of halogens is 1. The third-order valence-electron chi connectivity index (χ3n) is 4.98. The van der Waals surface area contributed by atoms with Gasteiger partial charge in [-0.25, -0.2) is 4.98 Å². The van der Waals surface area contributed by atoms with Crippen LogP contribution in [0.25, 0.3) is 43.6 Å². The standard InChI is InChI=1S/C22H18BrN3OS/c1-27-9-8-26-12-18(16-10-14(23)6-7-21(16)26)22-25-20(13-28-22)17-11-24-19-5-3-2-4-15(17)19/h2-7,10-13,24H,8-9H2,1H3. The van der Waals surface area contributed by atoms with Crippen LogP contribution in [0.3, 0.4) is 0 Å². The predicted octanol–water partition coefficient (Wildman–Crippen LogP) is 6.32. The van der Waals surface area contributed by atoms with Crippen molar-refractivity contribution in [1.82, 2.24) is 14.5 Å². The van der Waals surface area contributed by atoms with Crippen molar-refractivity contribution in [3.8, 4) is 21.8 Å². The summed E-state index contributed by atoms with van der Waals surface area (Å²) >= 11 is 5.29. The molecule has 0 atom stereocenters. The van der Waals surface area contributed by atoms with Crippen molar-refractivity contribution in [1.29, 1.82) is 0 Å². The van der Waals surface area contributed by atoms with Crippen LogP contribution in [0.4, 0.5) is 0 Å². The van der Waals surface area contributed by atoms with E-state index in [9.17, 15) is 0 Å². The molecule has 3 heterocycles. The number of fused-ring (bicyclic) bond motifs is 2. The molecular formula is C22H18BrN3OS. The van der Waals surface area contributed by atoms with Gasteiger partial charge in [0.05, 0.1) is 12.3 Å². The molecule has 0 bridgehead atoms. The van der Waals surface area contributed by atoms with Gasteiger partial charge in [-0.1, -0.05) is 34.1 Å². The van der Waals surface area contributed by atoms with Crippen molar-refractivity contribution in [3.63, 3.8) is 0 Å². The molecule has 6 heteroatoms. The number of nitrogens with zero attached hydrogens (tertiary/aromatic N) is 2. The van der Waals surface area contributed by atoms with Crippen LogP contribution in [0.5, 0.6) is 0 Å². The van der Waals surface area contributed by atoms with Gasteiger partial charge in [0.1, 0.15) is 5.01 Å². The Bertz CT molecular complexity index is 1280. The number of nitrogens with one attached hydrogen (secondary N) is 1. The number of methoxy groups -OCH3 is 1. The second-order valence-electron chi connectivity index (χ2n) is 6.68. The number of hydrogen-bond donors (Lipinski definition) is 1. The first-order chi connectivity index (χ1) is 13.7. The van der Waals surface area contributed by atoms with Gasteiger partial charge >= 0.3 is 0 Å². The molecule has 4 nitrogen and oxygen atoms in total. The zero-order valence-corrected chi connectivity index (χ0v) is 17.7. The fourth-order valence-electron chi connectivity index (χ4n) is 3.62. The quantitative estimate of drug-likeness (QED) is 0.339. The summed E-state index contributed by atoms with van der Waals surface area (Å²) in [5.74, 6) is 0. The van der Waals surface area contributed by atoms with Crippen LogP contribution >= 0.6 is 27.3 Å². The second kappa shape index (κ2) is 7.20. The van der Waals surface area contributed by atoms with Gasteiger partial charge in [0.25, 0.3) is 0 Å². The Morgan fingerprint density at radius 3 is 2.93 bits per heavy atom. The zero-order valence-electron chi connectivity index (χ0n) is 15.3. The Balaban J connectivity index is 1.62. The minimum atomic E-state index is 0.678. The van der Waals surface area contributed by atoms with E-state index in [2.05, 4.69) is 73.5 Å². The highest BCUT2D eigenvalue weighted by Crippen LogP contribution is 2.37. The van der Waals surface area contributed by atoms with E-state index in [0.29, 0.717) is 6.61 Å². The fraction of sp³-hybridized carbons (Fsp3) is 0.136. The maximum atomic E-state index is 5.28. The van der Waals surface area contributed by atoms with Crippen LogP contribution in [0.1, 0.15) is 0 Å². The van der Waals surface area contributed by atoms with Crippen LogP contribution in [0, 0.1) is 0 Å². The molecule has 0 unspecified atom stereocenters. The Morgan fingerprint density at radius 2 is 2.04 bits per heavy atom. The fourth-order valence-corrected chi connectivity index (χ4v) is 4.82. The van der Waals surface area contributed by atoms with Crippen molar-refractivity contribution >= 4 is 49.1 Å². The van der Waals surface area contributed by atoms with Gasteiger partial charge in [0.2, 0.25) is 0 Å². The third-order valence-corrected chi connectivity index (χ3v) is 6.35. The number of thiazole rings is 1. The summed E-state index contributed by atoms with van der Waals surface area (Å²) in [5, 5.41) is 5.57. The van der Waals surface area contributed by atoms with Crippen molar-refractivity contribution in [2.75, 3.05) is 13.7 Å². The Labute approximate surface area is 174 Å². The van der Waals surface area contributed by atoms with E-state index in [-0.39, 0.29) is 0 Å². The first kappa shape index (κ1) is 17.7. The van der Waals surface area contributed by atoms with E-state index in [4.69, 9.17) is 9.72 Å². The predicted molar refractivity (Wildman–Crippen MR) is 120 cm³/mol. The van der Waals surface area contributed by atoms with E-state index in [0.717, 1.165) is 38.4 Å². The highest BCUT2D eigenvalue weighted by Gasteiger charge is 2.16. The summed E-state index contributed by atoms with van der Waals surface area (Å²) in [4.78, 5) is 8.33. The molecule has 0 aliphatic heterocycles. The molecule has 0 aliphatic rings. The maximum absolute atomic E-state index is 5.28. The summed E-state index contributed by atoms with van der Waals surface area (Å²) < 4.78 is 8.59. The SMILES string of the molecule is COCCn1cc(-c2nc(-c3c[nH]c4ccccc34)cs2)c2cc(Br)ccc21. The Kier molecular flexibility index (Phi) is 4.55. The molecule has 5 aromatic rings.